The van der Waals surface area contributed by atoms with E-state index in [2.05, 4.69) is 29.1 Å². The third-order valence-electron chi connectivity index (χ3n) is 3.86. The average molecular weight is 345 g/mol. The van der Waals surface area contributed by atoms with Gasteiger partial charge in [-0.15, -0.1) is 11.3 Å². The van der Waals surface area contributed by atoms with Crippen LogP contribution in [0.15, 0.2) is 23.7 Å². The number of carbonyl (C=O) groups excluding carboxylic acids is 1. The lowest BCUT2D eigenvalue weighted by atomic mass is 10.2. The van der Waals surface area contributed by atoms with E-state index in [-0.39, 0.29) is 5.91 Å². The van der Waals surface area contributed by atoms with Crippen LogP contribution in [-0.2, 0) is 17.8 Å². The second kappa shape index (κ2) is 7.75. The van der Waals surface area contributed by atoms with Gasteiger partial charge >= 0.3 is 0 Å². The molecule has 6 heteroatoms. The molecule has 128 valence electrons. The first-order chi connectivity index (χ1) is 11.6. The van der Waals surface area contributed by atoms with E-state index in [9.17, 15) is 4.79 Å². The number of nitrogens with one attached hydrogen (secondary N) is 1. The molecule has 2 heterocycles. The summed E-state index contributed by atoms with van der Waals surface area (Å²) in [6.07, 6.45) is 4.55. The molecule has 2 aromatic rings. The number of aromatic nitrogens is 2. The fourth-order valence-electron chi connectivity index (χ4n) is 2.22. The lowest BCUT2D eigenvalue weighted by Crippen LogP contribution is -2.24. The van der Waals surface area contributed by atoms with Gasteiger partial charge < -0.3 is 10.1 Å². The summed E-state index contributed by atoms with van der Waals surface area (Å²) in [6.45, 7) is 5.43. The maximum atomic E-state index is 12.1. The highest BCUT2D eigenvalue weighted by Gasteiger charge is 2.22. The minimum absolute atomic E-state index is 0.0205. The van der Waals surface area contributed by atoms with Crippen LogP contribution < -0.4 is 10.1 Å². The summed E-state index contributed by atoms with van der Waals surface area (Å²) in [7, 11) is 0. The topological polar surface area (TPSA) is 64.1 Å². The third kappa shape index (κ3) is 5.03. The molecule has 1 aliphatic carbocycles. The van der Waals surface area contributed by atoms with Gasteiger partial charge in [-0.3, -0.25) is 4.79 Å². The molecule has 5 nitrogen and oxygen atoms in total. The highest BCUT2D eigenvalue weighted by atomic mass is 32.1. The first-order valence-corrected chi connectivity index (χ1v) is 9.27. The monoisotopic (exact) mass is 345 g/mol. The van der Waals surface area contributed by atoms with Gasteiger partial charge in [-0.05, 0) is 30.4 Å². The lowest BCUT2D eigenvalue weighted by molar-refractivity contribution is -0.120. The molecule has 1 amide bonds. The van der Waals surface area contributed by atoms with Crippen LogP contribution in [0, 0.1) is 5.92 Å². The predicted octanol–water partition coefficient (Wildman–Crippen LogP) is 3.31. The number of carbonyl (C=O) groups is 1. The van der Waals surface area contributed by atoms with E-state index >= 15 is 0 Å². The third-order valence-corrected chi connectivity index (χ3v) is 5.05. The standard InChI is InChI=1S/C18H23N3O2S/c1-12(2)18-21-15(11-24-18)8-16(22)20-9-14-5-6-19-17(7-14)23-10-13-3-4-13/h5-7,11-13H,3-4,8-10H2,1-2H3,(H,20,22). The van der Waals surface area contributed by atoms with E-state index < -0.39 is 0 Å². The number of ether oxygens (including phenoxy) is 1. The van der Waals surface area contributed by atoms with Crippen molar-refractivity contribution < 1.29 is 9.53 Å². The van der Waals surface area contributed by atoms with Gasteiger partial charge in [0.15, 0.2) is 0 Å². The first kappa shape index (κ1) is 16.9. The molecule has 0 saturated heterocycles. The van der Waals surface area contributed by atoms with Gasteiger partial charge in [0, 0.05) is 30.1 Å². The Labute approximate surface area is 146 Å². The summed E-state index contributed by atoms with van der Waals surface area (Å²) in [6, 6.07) is 3.78. The molecule has 1 saturated carbocycles. The Morgan fingerprint density at radius 3 is 3.00 bits per heavy atom. The Balaban J connectivity index is 1.47. The number of thiazole rings is 1. The largest absolute Gasteiger partial charge is 0.477 e. The number of pyridine rings is 1. The van der Waals surface area contributed by atoms with Gasteiger partial charge in [0.1, 0.15) is 0 Å². The molecule has 0 bridgehead atoms. The quantitative estimate of drug-likeness (QED) is 0.797. The number of nitrogens with zero attached hydrogens (tertiary/aromatic N) is 2. The van der Waals surface area contributed by atoms with Crippen LogP contribution in [0.1, 0.15) is 48.9 Å². The zero-order valence-corrected chi connectivity index (χ0v) is 14.9. The maximum absolute atomic E-state index is 12.1. The summed E-state index contributed by atoms with van der Waals surface area (Å²) in [5.74, 6) is 1.71. The molecule has 1 N–H and O–H groups in total. The molecular weight excluding hydrogens is 322 g/mol. The lowest BCUT2D eigenvalue weighted by Gasteiger charge is -2.07. The molecule has 0 aromatic carbocycles. The van der Waals surface area contributed by atoms with Crippen LogP contribution in [0.2, 0.25) is 0 Å². The van der Waals surface area contributed by atoms with Crippen molar-refractivity contribution in [2.45, 2.75) is 45.6 Å². The molecule has 2 aromatic heterocycles. The van der Waals surface area contributed by atoms with Gasteiger partial charge in [-0.25, -0.2) is 9.97 Å². The van der Waals surface area contributed by atoms with E-state index in [1.807, 2.05) is 17.5 Å². The molecule has 0 atom stereocenters. The summed E-state index contributed by atoms with van der Waals surface area (Å²) in [4.78, 5) is 20.8. The molecule has 0 spiro atoms. The molecule has 1 fully saturated rings. The Morgan fingerprint density at radius 2 is 2.29 bits per heavy atom. The second-order valence-electron chi connectivity index (χ2n) is 6.54. The molecule has 0 aliphatic heterocycles. The number of hydrogen-bond donors (Lipinski definition) is 1. The number of rotatable bonds is 8. The van der Waals surface area contributed by atoms with Crippen molar-refractivity contribution in [3.63, 3.8) is 0 Å². The Kier molecular flexibility index (Phi) is 5.45. The maximum Gasteiger partial charge on any atom is 0.226 e. The van der Waals surface area contributed by atoms with Crippen LogP contribution in [-0.4, -0.2) is 22.5 Å². The smallest absolute Gasteiger partial charge is 0.226 e. The first-order valence-electron chi connectivity index (χ1n) is 8.39. The van der Waals surface area contributed by atoms with Gasteiger partial charge in [-0.1, -0.05) is 13.8 Å². The van der Waals surface area contributed by atoms with Crippen LogP contribution >= 0.6 is 11.3 Å². The van der Waals surface area contributed by atoms with E-state index in [1.165, 1.54) is 12.8 Å². The fourth-order valence-corrected chi connectivity index (χ4v) is 3.06. The van der Waals surface area contributed by atoms with E-state index in [0.29, 0.717) is 30.7 Å². The summed E-state index contributed by atoms with van der Waals surface area (Å²) < 4.78 is 5.67. The van der Waals surface area contributed by atoms with E-state index in [1.54, 1.807) is 17.5 Å². The van der Waals surface area contributed by atoms with Crippen molar-refractivity contribution in [2.75, 3.05) is 6.61 Å². The molecule has 3 rings (SSSR count). The highest BCUT2D eigenvalue weighted by Crippen LogP contribution is 2.29. The molecule has 24 heavy (non-hydrogen) atoms. The van der Waals surface area contributed by atoms with Crippen LogP contribution in [0.5, 0.6) is 5.88 Å². The molecule has 0 radical (unpaired) electrons. The second-order valence-corrected chi connectivity index (χ2v) is 7.43. The van der Waals surface area contributed by atoms with E-state index in [4.69, 9.17) is 4.74 Å². The summed E-state index contributed by atoms with van der Waals surface area (Å²) >= 11 is 1.61. The molecular formula is C18H23N3O2S. The minimum Gasteiger partial charge on any atom is -0.477 e. The van der Waals surface area contributed by atoms with Crippen molar-refractivity contribution >= 4 is 17.2 Å². The van der Waals surface area contributed by atoms with Crippen molar-refractivity contribution in [2.24, 2.45) is 5.92 Å². The Bertz CT molecular complexity index is 695. The number of amides is 1. The molecule has 0 unspecified atom stereocenters. The van der Waals surface area contributed by atoms with Gasteiger partial charge in [0.05, 0.1) is 23.7 Å². The van der Waals surface area contributed by atoms with Crippen molar-refractivity contribution in [3.05, 3.63) is 40.0 Å². The fraction of sp³-hybridized carbons (Fsp3) is 0.500. The number of hydrogen-bond acceptors (Lipinski definition) is 5. The van der Waals surface area contributed by atoms with Crippen LogP contribution in [0.3, 0.4) is 0 Å². The van der Waals surface area contributed by atoms with E-state index in [0.717, 1.165) is 22.9 Å². The normalized spacial score (nSPS) is 14.0. The SMILES string of the molecule is CC(C)c1nc(CC(=O)NCc2ccnc(OCC3CC3)c2)cs1. The van der Waals surface area contributed by atoms with Crippen LogP contribution in [0.25, 0.3) is 0 Å². The van der Waals surface area contributed by atoms with Gasteiger partial charge in [0.25, 0.3) is 0 Å². The van der Waals surface area contributed by atoms with Crippen molar-refractivity contribution in [3.8, 4) is 5.88 Å². The summed E-state index contributed by atoms with van der Waals surface area (Å²) in [5, 5.41) is 5.97. The predicted molar refractivity (Wildman–Crippen MR) is 94.2 cm³/mol. The van der Waals surface area contributed by atoms with Crippen molar-refractivity contribution in [1.82, 2.24) is 15.3 Å². The molecule has 1 aliphatic rings. The van der Waals surface area contributed by atoms with Crippen molar-refractivity contribution in [1.29, 1.82) is 0 Å². The van der Waals surface area contributed by atoms with Crippen LogP contribution in [0.4, 0.5) is 0 Å². The zero-order valence-electron chi connectivity index (χ0n) is 14.1. The van der Waals surface area contributed by atoms with Gasteiger partial charge in [0.2, 0.25) is 11.8 Å². The Morgan fingerprint density at radius 1 is 1.46 bits per heavy atom. The average Bonchev–Trinajstić information content (AvgIpc) is 3.28. The highest BCUT2D eigenvalue weighted by molar-refractivity contribution is 7.09. The summed E-state index contributed by atoms with van der Waals surface area (Å²) in [5.41, 5.74) is 1.83. The Hall–Kier alpha value is -1.95. The zero-order chi connectivity index (χ0) is 16.9. The minimum atomic E-state index is -0.0205. The van der Waals surface area contributed by atoms with Gasteiger partial charge in [-0.2, -0.15) is 0 Å².